The summed E-state index contributed by atoms with van der Waals surface area (Å²) in [5, 5.41) is 4.70. The maximum absolute atomic E-state index is 6.23. The second kappa shape index (κ2) is 4.37. The first-order valence-electron chi connectivity index (χ1n) is 6.85. The third kappa shape index (κ3) is 1.91. The Kier molecular flexibility index (Phi) is 2.81. The van der Waals surface area contributed by atoms with Crippen LogP contribution in [0.1, 0.15) is 38.3 Å². The van der Waals surface area contributed by atoms with E-state index in [1.807, 2.05) is 19.3 Å². The number of pyridine rings is 1. The molecule has 1 aliphatic rings. The largest absolute Gasteiger partial charge is 0.383 e. The number of aryl methyl sites for hydroxylation is 1. The number of nitrogens with zero attached hydrogens (tertiary/aromatic N) is 3. The molecule has 0 bridgehead atoms. The van der Waals surface area contributed by atoms with Gasteiger partial charge >= 0.3 is 0 Å². The average Bonchev–Trinajstić information content (AvgIpc) is 2.98. The van der Waals surface area contributed by atoms with E-state index in [4.69, 9.17) is 10.8 Å². The SMILES string of the molecule is Cn1nc(C2(C)CCCC2)c(-c2cccnc2)c1N. The lowest BCUT2D eigenvalue weighted by atomic mass is 9.82. The second-order valence-corrected chi connectivity index (χ2v) is 5.74. The van der Waals surface area contributed by atoms with Crippen LogP contribution in [-0.2, 0) is 12.5 Å². The van der Waals surface area contributed by atoms with Gasteiger partial charge in [-0.05, 0) is 18.9 Å². The van der Waals surface area contributed by atoms with Crippen molar-refractivity contribution in [3.05, 3.63) is 30.2 Å². The molecule has 2 aromatic heterocycles. The Balaban J connectivity index is 2.18. The van der Waals surface area contributed by atoms with Gasteiger partial charge in [0.05, 0.1) is 5.69 Å². The number of aromatic nitrogens is 3. The van der Waals surface area contributed by atoms with Crippen LogP contribution >= 0.6 is 0 Å². The lowest BCUT2D eigenvalue weighted by Gasteiger charge is -2.22. The van der Waals surface area contributed by atoms with E-state index in [9.17, 15) is 0 Å². The molecule has 0 saturated heterocycles. The molecule has 2 aromatic rings. The van der Waals surface area contributed by atoms with Gasteiger partial charge in [0.25, 0.3) is 0 Å². The predicted molar refractivity (Wildman–Crippen MR) is 76.7 cm³/mol. The number of nitrogen functional groups attached to an aromatic ring is 1. The summed E-state index contributed by atoms with van der Waals surface area (Å²) in [6.45, 7) is 2.31. The molecule has 0 atom stereocenters. The first kappa shape index (κ1) is 12.2. The van der Waals surface area contributed by atoms with Crippen molar-refractivity contribution in [2.75, 3.05) is 5.73 Å². The van der Waals surface area contributed by atoms with Crippen molar-refractivity contribution < 1.29 is 0 Å². The number of rotatable bonds is 2. The van der Waals surface area contributed by atoms with E-state index in [2.05, 4.69) is 18.0 Å². The Morgan fingerprint density at radius 2 is 2.05 bits per heavy atom. The molecule has 2 N–H and O–H groups in total. The normalized spacial score (nSPS) is 17.8. The van der Waals surface area contributed by atoms with Gasteiger partial charge in [-0.3, -0.25) is 9.67 Å². The van der Waals surface area contributed by atoms with Crippen LogP contribution in [0.15, 0.2) is 24.5 Å². The molecule has 2 heterocycles. The van der Waals surface area contributed by atoms with Crippen LogP contribution in [0.25, 0.3) is 11.1 Å². The third-order valence-corrected chi connectivity index (χ3v) is 4.32. The number of hydrogen-bond donors (Lipinski definition) is 1. The predicted octanol–water partition coefficient (Wildman–Crippen LogP) is 2.90. The topological polar surface area (TPSA) is 56.7 Å². The van der Waals surface area contributed by atoms with Gasteiger partial charge in [0.2, 0.25) is 0 Å². The first-order valence-corrected chi connectivity index (χ1v) is 6.85. The highest BCUT2D eigenvalue weighted by Crippen LogP contribution is 2.45. The van der Waals surface area contributed by atoms with Crippen LogP contribution in [-0.4, -0.2) is 14.8 Å². The third-order valence-electron chi connectivity index (χ3n) is 4.32. The van der Waals surface area contributed by atoms with Crippen molar-refractivity contribution in [3.8, 4) is 11.1 Å². The van der Waals surface area contributed by atoms with Gasteiger partial charge < -0.3 is 5.73 Å². The minimum Gasteiger partial charge on any atom is -0.383 e. The van der Waals surface area contributed by atoms with Crippen molar-refractivity contribution in [1.82, 2.24) is 14.8 Å². The molecule has 0 aliphatic heterocycles. The smallest absolute Gasteiger partial charge is 0.129 e. The fraction of sp³-hybridized carbons (Fsp3) is 0.467. The van der Waals surface area contributed by atoms with Crippen molar-refractivity contribution in [3.63, 3.8) is 0 Å². The van der Waals surface area contributed by atoms with Gasteiger partial charge in [0.1, 0.15) is 5.82 Å². The first-order chi connectivity index (χ1) is 9.12. The Morgan fingerprint density at radius 1 is 1.32 bits per heavy atom. The van der Waals surface area contributed by atoms with Gasteiger partial charge in [-0.1, -0.05) is 25.8 Å². The monoisotopic (exact) mass is 256 g/mol. The summed E-state index contributed by atoms with van der Waals surface area (Å²) in [6, 6.07) is 4.00. The molecule has 19 heavy (non-hydrogen) atoms. The van der Waals surface area contributed by atoms with Crippen molar-refractivity contribution in [2.24, 2.45) is 7.05 Å². The molecule has 100 valence electrons. The molecule has 0 radical (unpaired) electrons. The lowest BCUT2D eigenvalue weighted by molar-refractivity contribution is 0.469. The molecular weight excluding hydrogens is 236 g/mol. The van der Waals surface area contributed by atoms with Gasteiger partial charge in [-0.25, -0.2) is 0 Å². The van der Waals surface area contributed by atoms with E-state index >= 15 is 0 Å². The standard InChI is InChI=1S/C15H20N4/c1-15(7-3-4-8-15)13-12(14(16)19(2)18-13)11-6-5-9-17-10-11/h5-6,9-10H,3-4,7-8,16H2,1-2H3. The summed E-state index contributed by atoms with van der Waals surface area (Å²) in [4.78, 5) is 4.21. The number of nitrogens with two attached hydrogens (primary N) is 1. The van der Waals surface area contributed by atoms with E-state index in [0.717, 1.165) is 22.6 Å². The molecule has 0 unspecified atom stereocenters. The fourth-order valence-corrected chi connectivity index (χ4v) is 3.15. The highest BCUT2D eigenvalue weighted by molar-refractivity contribution is 5.77. The molecule has 4 heteroatoms. The van der Waals surface area contributed by atoms with Crippen molar-refractivity contribution >= 4 is 5.82 Å². The van der Waals surface area contributed by atoms with E-state index in [1.54, 1.807) is 10.9 Å². The van der Waals surface area contributed by atoms with Crippen molar-refractivity contribution in [1.29, 1.82) is 0 Å². The van der Waals surface area contributed by atoms with Crippen LogP contribution in [0.4, 0.5) is 5.82 Å². The molecule has 0 amide bonds. The summed E-state index contributed by atoms with van der Waals surface area (Å²) in [5.74, 6) is 0.733. The Hall–Kier alpha value is -1.84. The summed E-state index contributed by atoms with van der Waals surface area (Å²) < 4.78 is 1.79. The van der Waals surface area contributed by atoms with Crippen LogP contribution in [0.2, 0.25) is 0 Å². The summed E-state index contributed by atoms with van der Waals surface area (Å²) in [5.41, 5.74) is 9.66. The van der Waals surface area contributed by atoms with E-state index in [-0.39, 0.29) is 5.41 Å². The van der Waals surface area contributed by atoms with E-state index in [0.29, 0.717) is 0 Å². The molecule has 1 saturated carbocycles. The highest BCUT2D eigenvalue weighted by atomic mass is 15.3. The lowest BCUT2D eigenvalue weighted by Crippen LogP contribution is -2.19. The van der Waals surface area contributed by atoms with Crippen LogP contribution < -0.4 is 5.73 Å². The summed E-state index contributed by atoms with van der Waals surface area (Å²) in [7, 11) is 1.91. The fourth-order valence-electron chi connectivity index (χ4n) is 3.15. The molecule has 0 spiro atoms. The van der Waals surface area contributed by atoms with Crippen LogP contribution in [0.3, 0.4) is 0 Å². The zero-order valence-corrected chi connectivity index (χ0v) is 11.6. The average molecular weight is 256 g/mol. The van der Waals surface area contributed by atoms with Crippen LogP contribution in [0.5, 0.6) is 0 Å². The zero-order valence-electron chi connectivity index (χ0n) is 11.6. The van der Waals surface area contributed by atoms with Gasteiger partial charge in [0, 0.05) is 36.0 Å². The summed E-state index contributed by atoms with van der Waals surface area (Å²) >= 11 is 0. The molecule has 1 aliphatic carbocycles. The Morgan fingerprint density at radius 3 is 2.68 bits per heavy atom. The Labute approximate surface area is 113 Å². The minimum absolute atomic E-state index is 0.153. The zero-order chi connectivity index (χ0) is 13.5. The maximum Gasteiger partial charge on any atom is 0.129 e. The molecule has 1 fully saturated rings. The van der Waals surface area contributed by atoms with Gasteiger partial charge in [-0.2, -0.15) is 5.10 Å². The molecule has 4 nitrogen and oxygen atoms in total. The van der Waals surface area contributed by atoms with Gasteiger partial charge in [-0.15, -0.1) is 0 Å². The quantitative estimate of drug-likeness (QED) is 0.898. The highest BCUT2D eigenvalue weighted by Gasteiger charge is 2.36. The maximum atomic E-state index is 6.23. The number of anilines is 1. The minimum atomic E-state index is 0.153. The molecule has 0 aromatic carbocycles. The Bertz CT molecular complexity index is 580. The van der Waals surface area contributed by atoms with E-state index in [1.165, 1.54) is 25.7 Å². The molecular formula is C15H20N4. The summed E-state index contributed by atoms with van der Waals surface area (Å²) in [6.07, 6.45) is 8.59. The van der Waals surface area contributed by atoms with E-state index < -0.39 is 0 Å². The number of hydrogen-bond acceptors (Lipinski definition) is 3. The second-order valence-electron chi connectivity index (χ2n) is 5.74. The van der Waals surface area contributed by atoms with Gasteiger partial charge in [0.15, 0.2) is 0 Å². The van der Waals surface area contributed by atoms with Crippen LogP contribution in [0, 0.1) is 0 Å². The van der Waals surface area contributed by atoms with Crippen molar-refractivity contribution in [2.45, 2.75) is 38.0 Å². The molecule has 3 rings (SSSR count).